The van der Waals surface area contributed by atoms with Crippen molar-refractivity contribution in [3.8, 4) is 0 Å². The van der Waals surface area contributed by atoms with E-state index in [2.05, 4.69) is 64.8 Å². The average Bonchev–Trinajstić information content (AvgIpc) is 2.52. The molecule has 1 aromatic rings. The zero-order chi connectivity index (χ0) is 15.8. The maximum Gasteiger partial charge on any atom is 0.191 e. The predicted octanol–water partition coefficient (Wildman–Crippen LogP) is 2.84. The van der Waals surface area contributed by atoms with E-state index in [9.17, 15) is 0 Å². The molecule has 1 fully saturated rings. The monoisotopic (exact) mass is 430 g/mol. The van der Waals surface area contributed by atoms with Gasteiger partial charge in [0.15, 0.2) is 5.96 Å². The molecule has 0 bridgehead atoms. The summed E-state index contributed by atoms with van der Waals surface area (Å²) in [5, 5.41) is 6.93. The molecule has 23 heavy (non-hydrogen) atoms. The normalized spacial score (nSPS) is 16.4. The van der Waals surface area contributed by atoms with Gasteiger partial charge in [0.25, 0.3) is 0 Å². The van der Waals surface area contributed by atoms with Gasteiger partial charge in [-0.2, -0.15) is 0 Å². The van der Waals surface area contributed by atoms with E-state index >= 15 is 0 Å². The molecule has 0 aromatic heterocycles. The van der Waals surface area contributed by atoms with Gasteiger partial charge < -0.3 is 15.5 Å². The average molecular weight is 430 g/mol. The highest BCUT2D eigenvalue weighted by Gasteiger charge is 2.38. The summed E-state index contributed by atoms with van der Waals surface area (Å²) < 4.78 is 0. The first-order valence-corrected chi connectivity index (χ1v) is 8.39. The molecule has 1 aliphatic carbocycles. The number of guanidine groups is 1. The molecule has 2 N–H and O–H groups in total. The molecular weight excluding hydrogens is 399 g/mol. The molecule has 1 aromatic carbocycles. The zero-order valence-corrected chi connectivity index (χ0v) is 17.0. The minimum atomic E-state index is 0. The van der Waals surface area contributed by atoms with Crippen LogP contribution in [0.5, 0.6) is 0 Å². The number of hydrogen-bond acceptors (Lipinski definition) is 2. The molecule has 0 radical (unpaired) electrons. The Labute approximate surface area is 158 Å². The number of rotatable bonds is 7. The Hall–Kier alpha value is -0.820. The lowest BCUT2D eigenvalue weighted by Crippen LogP contribution is -2.49. The number of benzene rings is 1. The van der Waals surface area contributed by atoms with Crippen molar-refractivity contribution in [2.24, 2.45) is 4.99 Å². The van der Waals surface area contributed by atoms with Crippen molar-refractivity contribution in [1.82, 2.24) is 15.5 Å². The van der Waals surface area contributed by atoms with Crippen molar-refractivity contribution in [2.45, 2.75) is 31.6 Å². The summed E-state index contributed by atoms with van der Waals surface area (Å²) in [5.74, 6) is 0.909. The van der Waals surface area contributed by atoms with Crippen molar-refractivity contribution >= 4 is 29.9 Å². The van der Waals surface area contributed by atoms with Gasteiger partial charge >= 0.3 is 0 Å². The highest BCUT2D eigenvalue weighted by atomic mass is 127. The summed E-state index contributed by atoms with van der Waals surface area (Å²) in [6.07, 6.45) is 3.85. The summed E-state index contributed by atoms with van der Waals surface area (Å²) in [4.78, 5) is 6.63. The van der Waals surface area contributed by atoms with E-state index in [0.717, 1.165) is 32.1 Å². The maximum absolute atomic E-state index is 4.34. The third kappa shape index (κ3) is 5.64. The van der Waals surface area contributed by atoms with Gasteiger partial charge in [-0.25, -0.2) is 0 Å². The molecule has 1 saturated carbocycles. The Morgan fingerprint density at radius 3 is 2.43 bits per heavy atom. The van der Waals surface area contributed by atoms with Crippen LogP contribution in [-0.4, -0.2) is 51.1 Å². The number of hydrogen-bond donors (Lipinski definition) is 2. The largest absolute Gasteiger partial charge is 0.356 e. The molecule has 0 unspecified atom stereocenters. The van der Waals surface area contributed by atoms with E-state index in [0.29, 0.717) is 5.41 Å². The van der Waals surface area contributed by atoms with Crippen molar-refractivity contribution in [1.29, 1.82) is 0 Å². The first-order valence-electron chi connectivity index (χ1n) is 8.39. The van der Waals surface area contributed by atoms with Gasteiger partial charge in [-0.15, -0.1) is 24.0 Å². The molecule has 1 aliphatic rings. The topological polar surface area (TPSA) is 39.7 Å². The fourth-order valence-electron chi connectivity index (χ4n) is 2.96. The van der Waals surface area contributed by atoms with Crippen molar-refractivity contribution in [2.75, 3.05) is 40.3 Å². The minimum Gasteiger partial charge on any atom is -0.356 e. The van der Waals surface area contributed by atoms with Crippen LogP contribution < -0.4 is 10.6 Å². The van der Waals surface area contributed by atoms with Crippen LogP contribution in [-0.2, 0) is 5.41 Å². The van der Waals surface area contributed by atoms with Gasteiger partial charge in [-0.3, -0.25) is 4.99 Å². The second-order valence-corrected chi connectivity index (χ2v) is 6.25. The molecule has 0 heterocycles. The Morgan fingerprint density at radius 2 is 1.91 bits per heavy atom. The molecule has 2 rings (SSSR count). The number of nitrogens with zero attached hydrogens (tertiary/aromatic N) is 2. The fourth-order valence-corrected chi connectivity index (χ4v) is 2.96. The van der Waals surface area contributed by atoms with Crippen LogP contribution in [0.25, 0.3) is 0 Å². The van der Waals surface area contributed by atoms with E-state index in [1.54, 1.807) is 0 Å². The van der Waals surface area contributed by atoms with Crippen LogP contribution in [0.15, 0.2) is 35.3 Å². The molecule has 0 amide bonds. The molecule has 130 valence electrons. The second kappa shape index (κ2) is 10.1. The van der Waals surface area contributed by atoms with E-state index < -0.39 is 0 Å². The molecule has 5 heteroatoms. The van der Waals surface area contributed by atoms with Crippen molar-refractivity contribution < 1.29 is 0 Å². The standard InChI is InChI=1S/C18H30N4.HI/c1-4-22(3)14-13-20-17(19-2)21-15-18(11-8-12-18)16-9-6-5-7-10-16;/h5-7,9-10H,4,8,11-15H2,1-3H3,(H2,19,20,21);1H. The van der Waals surface area contributed by atoms with Crippen LogP contribution in [0.4, 0.5) is 0 Å². The Balaban J connectivity index is 0.00000264. The molecule has 4 nitrogen and oxygen atoms in total. The SMILES string of the molecule is CCN(C)CCNC(=NC)NCC1(c2ccccc2)CCC1.I. The third-order valence-corrected chi connectivity index (χ3v) is 4.84. The molecular formula is C18H31IN4. The summed E-state index contributed by atoms with van der Waals surface area (Å²) in [7, 11) is 3.98. The highest BCUT2D eigenvalue weighted by Crippen LogP contribution is 2.43. The summed E-state index contributed by atoms with van der Waals surface area (Å²) in [6, 6.07) is 10.9. The molecule has 0 spiro atoms. The number of likely N-dealkylation sites (N-methyl/N-ethyl adjacent to an activating group) is 1. The van der Waals surface area contributed by atoms with Gasteiger partial charge in [-0.1, -0.05) is 43.7 Å². The molecule has 0 atom stereocenters. The van der Waals surface area contributed by atoms with E-state index in [1.165, 1.54) is 24.8 Å². The third-order valence-electron chi connectivity index (χ3n) is 4.84. The lowest BCUT2D eigenvalue weighted by atomic mass is 9.64. The van der Waals surface area contributed by atoms with Gasteiger partial charge in [0.05, 0.1) is 0 Å². The van der Waals surface area contributed by atoms with Crippen LogP contribution in [0.3, 0.4) is 0 Å². The number of nitrogens with one attached hydrogen (secondary N) is 2. The van der Waals surface area contributed by atoms with Crippen LogP contribution >= 0.6 is 24.0 Å². The van der Waals surface area contributed by atoms with Gasteiger partial charge in [0.1, 0.15) is 0 Å². The van der Waals surface area contributed by atoms with E-state index in [4.69, 9.17) is 0 Å². The van der Waals surface area contributed by atoms with Gasteiger partial charge in [-0.05, 0) is 32.0 Å². The van der Waals surface area contributed by atoms with E-state index in [-0.39, 0.29) is 24.0 Å². The van der Waals surface area contributed by atoms with Crippen molar-refractivity contribution in [3.05, 3.63) is 35.9 Å². The molecule has 0 saturated heterocycles. The first-order chi connectivity index (χ1) is 10.7. The first kappa shape index (κ1) is 20.2. The number of aliphatic imine (C=N–C) groups is 1. The quantitative estimate of drug-likeness (QED) is 0.397. The summed E-state index contributed by atoms with van der Waals surface area (Å²) in [6.45, 7) is 6.15. The smallest absolute Gasteiger partial charge is 0.191 e. The summed E-state index contributed by atoms with van der Waals surface area (Å²) >= 11 is 0. The fraction of sp³-hybridized carbons (Fsp3) is 0.611. The zero-order valence-electron chi connectivity index (χ0n) is 14.6. The minimum absolute atomic E-state index is 0. The highest BCUT2D eigenvalue weighted by molar-refractivity contribution is 14.0. The second-order valence-electron chi connectivity index (χ2n) is 6.25. The number of halogens is 1. The Kier molecular flexibility index (Phi) is 8.91. The molecule has 0 aliphatic heterocycles. The maximum atomic E-state index is 4.34. The lowest BCUT2D eigenvalue weighted by molar-refractivity contribution is 0.243. The Bertz CT molecular complexity index is 471. The lowest BCUT2D eigenvalue weighted by Gasteiger charge is -2.43. The van der Waals surface area contributed by atoms with Crippen LogP contribution in [0.2, 0.25) is 0 Å². The van der Waals surface area contributed by atoms with Gasteiger partial charge in [0.2, 0.25) is 0 Å². The van der Waals surface area contributed by atoms with Gasteiger partial charge in [0, 0.05) is 32.1 Å². The summed E-state index contributed by atoms with van der Waals surface area (Å²) in [5.41, 5.74) is 1.74. The Morgan fingerprint density at radius 1 is 1.22 bits per heavy atom. The van der Waals surface area contributed by atoms with Crippen LogP contribution in [0.1, 0.15) is 31.7 Å². The van der Waals surface area contributed by atoms with E-state index in [1.807, 2.05) is 7.05 Å². The van der Waals surface area contributed by atoms with Crippen LogP contribution in [0, 0.1) is 0 Å². The van der Waals surface area contributed by atoms with Crippen molar-refractivity contribution in [3.63, 3.8) is 0 Å². The predicted molar refractivity (Wildman–Crippen MR) is 110 cm³/mol.